The highest BCUT2D eigenvalue weighted by Crippen LogP contribution is 2.20. The van der Waals surface area contributed by atoms with Gasteiger partial charge in [0.25, 0.3) is 0 Å². The third-order valence-electron chi connectivity index (χ3n) is 3.76. The maximum Gasteiger partial charge on any atom is 0.796 e. The molecule has 0 unspecified atom stereocenters. The lowest BCUT2D eigenvalue weighted by Gasteiger charge is -2.07. The molecule has 2 N–H and O–H groups in total. The third-order valence-corrected chi connectivity index (χ3v) is 3.76. The van der Waals surface area contributed by atoms with Crippen LogP contribution in [0.5, 0.6) is 0 Å². The van der Waals surface area contributed by atoms with Crippen LogP contribution in [0.3, 0.4) is 0 Å². The first kappa shape index (κ1) is 20.0. The van der Waals surface area contributed by atoms with Crippen LogP contribution in [0, 0.1) is 11.8 Å². The highest BCUT2D eigenvalue weighted by molar-refractivity contribution is 6.36. The molecule has 0 bridgehead atoms. The number of carbonyl (C=O) groups excluding carboxylic acids is 1. The molecule has 0 saturated heterocycles. The van der Waals surface area contributed by atoms with Gasteiger partial charge in [0.1, 0.15) is 5.76 Å². The summed E-state index contributed by atoms with van der Waals surface area (Å²) in [5.41, 5.74) is 2.56. The van der Waals surface area contributed by atoms with Crippen LogP contribution in [0.2, 0.25) is 0 Å². The van der Waals surface area contributed by atoms with Crippen molar-refractivity contribution in [1.82, 2.24) is 9.97 Å². The molecule has 2 heterocycles. The normalized spacial score (nSPS) is 12.1. The van der Waals surface area contributed by atoms with Crippen molar-refractivity contribution in [1.29, 1.82) is 0 Å². The van der Waals surface area contributed by atoms with E-state index in [4.69, 9.17) is 0 Å². The Kier molecular flexibility index (Phi) is 6.83. The molecular formula is C19H25BF2N2O2. The SMILES string of the molecule is CC(C)Cc1ccc(C(=O)/C=C(\OB(F)F)c2ccc(CC(C)C)[nH]2)[nH]1. The second-order valence-electron chi connectivity index (χ2n) is 7.24. The van der Waals surface area contributed by atoms with Gasteiger partial charge in [0.15, 0.2) is 0 Å². The second-order valence-corrected chi connectivity index (χ2v) is 7.24. The molecule has 0 aromatic carbocycles. The maximum atomic E-state index is 12.8. The van der Waals surface area contributed by atoms with Gasteiger partial charge in [0, 0.05) is 17.5 Å². The monoisotopic (exact) mass is 362 g/mol. The molecule has 0 aliphatic rings. The van der Waals surface area contributed by atoms with Crippen molar-refractivity contribution in [3.05, 3.63) is 53.1 Å². The number of aromatic nitrogens is 2. The summed E-state index contributed by atoms with van der Waals surface area (Å²) in [6, 6.07) is 6.97. The predicted octanol–water partition coefficient (Wildman–Crippen LogP) is 4.90. The van der Waals surface area contributed by atoms with E-state index in [0.717, 1.165) is 30.3 Å². The molecule has 0 radical (unpaired) electrons. The van der Waals surface area contributed by atoms with Crippen LogP contribution < -0.4 is 0 Å². The summed E-state index contributed by atoms with van der Waals surface area (Å²) < 4.78 is 30.2. The van der Waals surface area contributed by atoms with Gasteiger partial charge >= 0.3 is 7.47 Å². The van der Waals surface area contributed by atoms with Gasteiger partial charge in [-0.2, -0.15) is 0 Å². The zero-order valence-electron chi connectivity index (χ0n) is 15.6. The second kappa shape index (κ2) is 8.87. The number of nitrogens with one attached hydrogen (secondary N) is 2. The zero-order valence-corrected chi connectivity index (χ0v) is 15.6. The molecule has 2 rings (SSSR count). The molecule has 0 saturated carbocycles. The average molecular weight is 362 g/mol. The average Bonchev–Trinajstić information content (AvgIpc) is 3.14. The molecule has 0 aliphatic heterocycles. The van der Waals surface area contributed by atoms with E-state index in [-0.39, 0.29) is 5.76 Å². The van der Waals surface area contributed by atoms with Crippen LogP contribution in [0.1, 0.15) is 55.3 Å². The van der Waals surface area contributed by atoms with E-state index < -0.39 is 13.3 Å². The van der Waals surface area contributed by atoms with Gasteiger partial charge in [-0.3, -0.25) is 4.79 Å². The maximum absolute atomic E-state index is 12.8. The minimum atomic E-state index is -3.01. The number of allylic oxidation sites excluding steroid dienone is 1. The van der Waals surface area contributed by atoms with E-state index in [1.807, 2.05) is 12.1 Å². The number of rotatable bonds is 9. The fourth-order valence-corrected chi connectivity index (χ4v) is 2.75. The molecule has 0 aliphatic carbocycles. The number of H-pyrrole nitrogens is 2. The molecule has 140 valence electrons. The molecule has 0 spiro atoms. The van der Waals surface area contributed by atoms with E-state index in [9.17, 15) is 13.4 Å². The summed E-state index contributed by atoms with van der Waals surface area (Å²) in [4.78, 5) is 18.5. The number of ketones is 1. The Morgan fingerprint density at radius 3 is 2.00 bits per heavy atom. The summed E-state index contributed by atoms with van der Waals surface area (Å²) >= 11 is 0. The van der Waals surface area contributed by atoms with Crippen molar-refractivity contribution >= 4 is 19.0 Å². The van der Waals surface area contributed by atoms with Crippen LogP contribution >= 0.6 is 0 Å². The molecule has 0 fully saturated rings. The number of hydrogen-bond donors (Lipinski definition) is 2. The van der Waals surface area contributed by atoms with Crippen LogP contribution in [-0.2, 0) is 17.5 Å². The van der Waals surface area contributed by atoms with Crippen molar-refractivity contribution in [2.45, 2.75) is 40.5 Å². The first-order chi connectivity index (χ1) is 12.2. The molecule has 26 heavy (non-hydrogen) atoms. The largest absolute Gasteiger partial charge is 0.796 e. The smallest absolute Gasteiger partial charge is 0.503 e. The minimum absolute atomic E-state index is 0.167. The Morgan fingerprint density at radius 2 is 1.50 bits per heavy atom. The lowest BCUT2D eigenvalue weighted by molar-refractivity contribution is 0.104. The molecular weight excluding hydrogens is 337 g/mol. The Labute approximate surface area is 153 Å². The van der Waals surface area contributed by atoms with Crippen molar-refractivity contribution < 1.29 is 18.1 Å². The highest BCUT2D eigenvalue weighted by Gasteiger charge is 2.22. The van der Waals surface area contributed by atoms with E-state index in [0.29, 0.717) is 23.2 Å². The fraction of sp³-hybridized carbons (Fsp3) is 0.421. The topological polar surface area (TPSA) is 57.9 Å². The summed E-state index contributed by atoms with van der Waals surface area (Å²) in [5, 5.41) is 0. The van der Waals surface area contributed by atoms with Gasteiger partial charge in [-0.15, -0.1) is 0 Å². The van der Waals surface area contributed by atoms with Crippen molar-refractivity contribution in [3.63, 3.8) is 0 Å². The lowest BCUT2D eigenvalue weighted by Crippen LogP contribution is -2.07. The van der Waals surface area contributed by atoms with Crippen LogP contribution in [0.4, 0.5) is 8.63 Å². The van der Waals surface area contributed by atoms with Crippen molar-refractivity contribution in [2.75, 3.05) is 0 Å². The molecule has 0 amide bonds. The summed E-state index contributed by atoms with van der Waals surface area (Å²) in [7, 11) is -3.01. The minimum Gasteiger partial charge on any atom is -0.503 e. The predicted molar refractivity (Wildman–Crippen MR) is 100 cm³/mol. The van der Waals surface area contributed by atoms with Gasteiger partial charge in [-0.25, -0.2) is 8.63 Å². The summed E-state index contributed by atoms with van der Waals surface area (Å²) in [6.07, 6.45) is 2.69. The van der Waals surface area contributed by atoms with Crippen molar-refractivity contribution in [2.24, 2.45) is 11.8 Å². The van der Waals surface area contributed by atoms with Gasteiger partial charge in [0.2, 0.25) is 5.78 Å². The standard InChI is InChI=1S/C19H25BF2N2O2/c1-12(2)9-14-5-7-16(23-14)18(25)11-19(26-20(21)22)17-8-6-15(24-17)10-13(3)4/h5-8,11-13,23-24H,9-10H2,1-4H3/b19-11-. The molecule has 7 heteroatoms. The molecule has 4 nitrogen and oxygen atoms in total. The quantitative estimate of drug-likeness (QED) is 0.288. The van der Waals surface area contributed by atoms with Gasteiger partial charge in [0.05, 0.1) is 11.4 Å². The Bertz CT molecular complexity index is 763. The van der Waals surface area contributed by atoms with Crippen LogP contribution in [0.15, 0.2) is 30.3 Å². The molecule has 0 atom stereocenters. The van der Waals surface area contributed by atoms with Gasteiger partial charge in [-0.1, -0.05) is 27.7 Å². The van der Waals surface area contributed by atoms with E-state index in [2.05, 4.69) is 42.3 Å². The number of carbonyl (C=O) groups is 1. The third kappa shape index (κ3) is 5.90. The van der Waals surface area contributed by atoms with Crippen molar-refractivity contribution in [3.8, 4) is 0 Å². The van der Waals surface area contributed by atoms with Gasteiger partial charge < -0.3 is 14.6 Å². The summed E-state index contributed by atoms with van der Waals surface area (Å²) in [6.45, 7) is 8.29. The van der Waals surface area contributed by atoms with E-state index in [1.165, 1.54) is 0 Å². The molecule has 2 aromatic heterocycles. The molecule has 2 aromatic rings. The number of hydrogen-bond acceptors (Lipinski definition) is 2. The van der Waals surface area contributed by atoms with E-state index in [1.54, 1.807) is 12.1 Å². The Hall–Kier alpha value is -2.31. The lowest BCUT2D eigenvalue weighted by atomic mass is 10.1. The number of halogens is 2. The Morgan fingerprint density at radius 1 is 1.00 bits per heavy atom. The first-order valence-corrected chi connectivity index (χ1v) is 8.81. The van der Waals surface area contributed by atoms with E-state index >= 15 is 0 Å². The first-order valence-electron chi connectivity index (χ1n) is 8.81. The van der Waals surface area contributed by atoms with Gasteiger partial charge in [-0.05, 0) is 48.9 Å². The Balaban J connectivity index is 2.23. The van der Waals surface area contributed by atoms with Crippen LogP contribution in [0.25, 0.3) is 5.76 Å². The zero-order chi connectivity index (χ0) is 19.3. The van der Waals surface area contributed by atoms with Crippen LogP contribution in [-0.4, -0.2) is 23.2 Å². The fourth-order valence-electron chi connectivity index (χ4n) is 2.75. The number of aromatic amines is 2. The summed E-state index contributed by atoms with van der Waals surface area (Å²) in [5.74, 6) is 0.295. The highest BCUT2D eigenvalue weighted by atomic mass is 19.2.